The van der Waals surface area contributed by atoms with Gasteiger partial charge in [-0.1, -0.05) is 12.1 Å². The van der Waals surface area contributed by atoms with E-state index in [0.29, 0.717) is 13.1 Å². The first-order valence-electron chi connectivity index (χ1n) is 8.67. The van der Waals surface area contributed by atoms with Crippen molar-refractivity contribution in [3.05, 3.63) is 53.8 Å². The molecule has 0 aromatic heterocycles. The summed E-state index contributed by atoms with van der Waals surface area (Å²) < 4.78 is 46.4. The van der Waals surface area contributed by atoms with E-state index in [0.717, 1.165) is 25.3 Å². The van der Waals surface area contributed by atoms with Gasteiger partial charge in [0.15, 0.2) is 11.6 Å². The molecule has 0 unspecified atom stereocenters. The maximum Gasteiger partial charge on any atom is 0.262 e. The number of carbonyl (C=O) groups is 1. The van der Waals surface area contributed by atoms with Gasteiger partial charge in [-0.15, -0.1) is 0 Å². The minimum absolute atomic E-state index is 0.0466. The number of piperidine rings is 1. The second kappa shape index (κ2) is 7.96. The Hall–Kier alpha value is -2.61. The van der Waals surface area contributed by atoms with Gasteiger partial charge >= 0.3 is 0 Å². The topological polar surface area (TPSA) is 75.7 Å². The number of nitrogens with zero attached hydrogens (tertiary/aromatic N) is 1. The van der Waals surface area contributed by atoms with E-state index in [9.17, 15) is 17.6 Å². The molecule has 6 nitrogen and oxygen atoms in total. The number of methoxy groups -OCH3 is 1. The Balaban J connectivity index is 1.89. The number of benzene rings is 2. The highest BCUT2D eigenvalue weighted by atomic mass is 32.2. The number of para-hydroxylation sites is 1. The molecule has 0 spiro atoms. The molecule has 8 heteroatoms. The Morgan fingerprint density at radius 1 is 1.11 bits per heavy atom. The second-order valence-corrected chi connectivity index (χ2v) is 7.98. The molecule has 0 saturated carbocycles. The van der Waals surface area contributed by atoms with Crippen molar-refractivity contribution >= 4 is 21.6 Å². The number of halogens is 1. The standard InChI is InChI=1S/C19H21FN2O4S/c1-26-18-10-9-14(13-16(18)20)27(24,25)21-17-8-4-3-7-15(17)19(23)22-11-5-2-6-12-22/h3-4,7-10,13,21H,2,5-6,11-12H2,1H3. The number of rotatable bonds is 5. The zero-order chi connectivity index (χ0) is 19.4. The Morgan fingerprint density at radius 2 is 1.81 bits per heavy atom. The monoisotopic (exact) mass is 392 g/mol. The summed E-state index contributed by atoms with van der Waals surface area (Å²) in [5.41, 5.74) is 0.446. The van der Waals surface area contributed by atoms with Crippen LogP contribution in [-0.2, 0) is 10.0 Å². The van der Waals surface area contributed by atoms with Gasteiger partial charge in [-0.05, 0) is 49.6 Å². The second-order valence-electron chi connectivity index (χ2n) is 6.30. The van der Waals surface area contributed by atoms with E-state index in [1.165, 1.54) is 25.3 Å². The molecule has 1 fully saturated rings. The number of likely N-dealkylation sites (tertiary alicyclic amines) is 1. The van der Waals surface area contributed by atoms with Crippen LogP contribution in [0.2, 0.25) is 0 Å². The number of hydrogen-bond donors (Lipinski definition) is 1. The molecule has 1 aliphatic heterocycles. The summed E-state index contributed by atoms with van der Waals surface area (Å²) in [7, 11) is -2.76. The van der Waals surface area contributed by atoms with Crippen molar-refractivity contribution < 1.29 is 22.3 Å². The van der Waals surface area contributed by atoms with Crippen LogP contribution in [0, 0.1) is 5.82 Å². The van der Waals surface area contributed by atoms with Crippen LogP contribution in [0.1, 0.15) is 29.6 Å². The van der Waals surface area contributed by atoms with Crippen molar-refractivity contribution in [2.75, 3.05) is 24.9 Å². The molecular weight excluding hydrogens is 371 g/mol. The summed E-state index contributed by atoms with van der Waals surface area (Å²) >= 11 is 0. The minimum atomic E-state index is -4.06. The quantitative estimate of drug-likeness (QED) is 0.847. The highest BCUT2D eigenvalue weighted by molar-refractivity contribution is 7.92. The zero-order valence-corrected chi connectivity index (χ0v) is 15.8. The van der Waals surface area contributed by atoms with Gasteiger partial charge in [0, 0.05) is 13.1 Å². The van der Waals surface area contributed by atoms with Crippen LogP contribution in [0.25, 0.3) is 0 Å². The third-order valence-corrected chi connectivity index (χ3v) is 5.84. The van der Waals surface area contributed by atoms with E-state index in [-0.39, 0.29) is 27.8 Å². The van der Waals surface area contributed by atoms with Crippen molar-refractivity contribution in [2.45, 2.75) is 24.2 Å². The van der Waals surface area contributed by atoms with E-state index in [4.69, 9.17) is 4.74 Å². The van der Waals surface area contributed by atoms with Crippen molar-refractivity contribution in [1.82, 2.24) is 4.90 Å². The molecule has 1 N–H and O–H groups in total. The predicted octanol–water partition coefficient (Wildman–Crippen LogP) is 3.26. The molecule has 1 heterocycles. The van der Waals surface area contributed by atoms with Crippen molar-refractivity contribution in [3.63, 3.8) is 0 Å². The third kappa shape index (κ3) is 4.21. The highest BCUT2D eigenvalue weighted by Gasteiger charge is 2.23. The van der Waals surface area contributed by atoms with E-state index >= 15 is 0 Å². The zero-order valence-electron chi connectivity index (χ0n) is 14.9. The van der Waals surface area contributed by atoms with Gasteiger partial charge in [0.2, 0.25) is 0 Å². The van der Waals surface area contributed by atoms with Crippen LogP contribution < -0.4 is 9.46 Å². The van der Waals surface area contributed by atoms with Gasteiger partial charge in [0.05, 0.1) is 23.3 Å². The maximum atomic E-state index is 13.9. The Morgan fingerprint density at radius 3 is 2.48 bits per heavy atom. The number of carbonyl (C=O) groups excluding carboxylic acids is 1. The van der Waals surface area contributed by atoms with Crippen molar-refractivity contribution in [3.8, 4) is 5.75 Å². The first-order valence-corrected chi connectivity index (χ1v) is 10.2. The first kappa shape index (κ1) is 19.2. The molecule has 1 saturated heterocycles. The summed E-state index contributed by atoms with van der Waals surface area (Å²) in [4.78, 5) is 14.3. The van der Waals surface area contributed by atoms with Gasteiger partial charge in [-0.25, -0.2) is 12.8 Å². The number of sulfonamides is 1. The summed E-state index contributed by atoms with van der Waals surface area (Å²) in [6.07, 6.45) is 2.95. The smallest absolute Gasteiger partial charge is 0.262 e. The fourth-order valence-electron chi connectivity index (χ4n) is 3.04. The number of amides is 1. The highest BCUT2D eigenvalue weighted by Crippen LogP contribution is 2.25. The predicted molar refractivity (Wildman–Crippen MR) is 100.0 cm³/mol. The van der Waals surface area contributed by atoms with Crippen LogP contribution in [0.3, 0.4) is 0 Å². The number of nitrogens with one attached hydrogen (secondary N) is 1. The van der Waals surface area contributed by atoms with Crippen molar-refractivity contribution in [1.29, 1.82) is 0 Å². The van der Waals surface area contributed by atoms with Crippen LogP contribution >= 0.6 is 0 Å². The Bertz CT molecular complexity index is 940. The van der Waals surface area contributed by atoms with Gasteiger partial charge in [-0.2, -0.15) is 0 Å². The fourth-order valence-corrected chi connectivity index (χ4v) is 4.14. The summed E-state index contributed by atoms with van der Waals surface area (Å²) in [5.74, 6) is -1.04. The molecule has 2 aromatic carbocycles. The summed E-state index contributed by atoms with van der Waals surface area (Å²) in [6.45, 7) is 1.31. The lowest BCUT2D eigenvalue weighted by molar-refractivity contribution is 0.0725. The molecule has 0 bridgehead atoms. The molecule has 27 heavy (non-hydrogen) atoms. The summed E-state index contributed by atoms with van der Waals surface area (Å²) in [5, 5.41) is 0. The van der Waals surface area contributed by atoms with Crippen LogP contribution in [0.5, 0.6) is 5.75 Å². The molecule has 1 amide bonds. The van der Waals surface area contributed by atoms with E-state index in [2.05, 4.69) is 4.72 Å². The molecule has 144 valence electrons. The fraction of sp³-hybridized carbons (Fsp3) is 0.316. The van der Waals surface area contributed by atoms with E-state index < -0.39 is 15.8 Å². The average Bonchev–Trinajstić information content (AvgIpc) is 2.68. The van der Waals surface area contributed by atoms with E-state index in [1.54, 1.807) is 23.1 Å². The molecule has 1 aliphatic rings. The first-order chi connectivity index (χ1) is 12.9. The lowest BCUT2D eigenvalue weighted by Gasteiger charge is -2.27. The lowest BCUT2D eigenvalue weighted by Crippen LogP contribution is -2.36. The van der Waals surface area contributed by atoms with Gasteiger partial charge in [0.1, 0.15) is 0 Å². The summed E-state index contributed by atoms with van der Waals surface area (Å²) in [6, 6.07) is 9.81. The van der Waals surface area contributed by atoms with Gasteiger partial charge < -0.3 is 9.64 Å². The number of ether oxygens (including phenoxy) is 1. The maximum absolute atomic E-state index is 13.9. The van der Waals surface area contributed by atoms with E-state index in [1.807, 2.05) is 0 Å². The molecule has 0 radical (unpaired) electrons. The molecular formula is C19H21FN2O4S. The number of hydrogen-bond acceptors (Lipinski definition) is 4. The van der Waals surface area contributed by atoms with Crippen LogP contribution in [0.4, 0.5) is 10.1 Å². The normalized spacial score (nSPS) is 14.7. The molecule has 0 atom stereocenters. The third-order valence-electron chi connectivity index (χ3n) is 4.48. The largest absolute Gasteiger partial charge is 0.494 e. The van der Waals surface area contributed by atoms with Crippen LogP contribution in [-0.4, -0.2) is 39.4 Å². The van der Waals surface area contributed by atoms with Gasteiger partial charge in [0.25, 0.3) is 15.9 Å². The molecule has 0 aliphatic carbocycles. The lowest BCUT2D eigenvalue weighted by atomic mass is 10.1. The molecule has 3 rings (SSSR count). The average molecular weight is 392 g/mol. The number of anilines is 1. The van der Waals surface area contributed by atoms with Crippen molar-refractivity contribution in [2.24, 2.45) is 0 Å². The van der Waals surface area contributed by atoms with Crippen LogP contribution in [0.15, 0.2) is 47.4 Å². The molecule has 2 aromatic rings. The van der Waals surface area contributed by atoms with Gasteiger partial charge in [-0.3, -0.25) is 9.52 Å². The SMILES string of the molecule is COc1ccc(S(=O)(=O)Nc2ccccc2C(=O)N2CCCCC2)cc1F. The Kier molecular flexibility index (Phi) is 5.65. The minimum Gasteiger partial charge on any atom is -0.494 e. The Labute approximate surface area is 158 Å².